The molecule has 4 nitrogen and oxygen atoms in total. The highest BCUT2D eigenvalue weighted by molar-refractivity contribution is 5.94. The van der Waals surface area contributed by atoms with Gasteiger partial charge in [-0.1, -0.05) is 44.2 Å². The minimum atomic E-state index is 0.130. The van der Waals surface area contributed by atoms with Crippen molar-refractivity contribution in [1.82, 2.24) is 5.32 Å². The number of nitrogens with one attached hydrogen (secondary N) is 1. The average Bonchev–Trinajstić information content (AvgIpc) is 2.78. The molecule has 1 fully saturated rings. The van der Waals surface area contributed by atoms with Gasteiger partial charge in [0.2, 0.25) is 5.91 Å². The van der Waals surface area contributed by atoms with E-state index in [0.717, 1.165) is 37.4 Å². The molecule has 150 valence electrons. The largest absolute Gasteiger partial charge is 0.497 e. The molecule has 0 aliphatic carbocycles. The molecule has 2 atom stereocenters. The molecule has 1 amide bonds. The van der Waals surface area contributed by atoms with Crippen molar-refractivity contribution in [1.29, 1.82) is 0 Å². The van der Waals surface area contributed by atoms with Crippen LogP contribution in [-0.4, -0.2) is 32.1 Å². The standard InChI is InChI=1S/C24H32N2O2/c1-4-23(27)26(21-10-12-22(28-3)13-11-21)24(20-14-16-25-17-15-20)18(2)19-8-6-5-7-9-19/h5-13,18,20,24-25H,4,14-17H2,1-3H3. The summed E-state index contributed by atoms with van der Waals surface area (Å²) in [6.07, 6.45) is 2.67. The Kier molecular flexibility index (Phi) is 7.10. The second kappa shape index (κ2) is 9.74. The number of carbonyl (C=O) groups is 1. The number of rotatable bonds is 7. The van der Waals surface area contributed by atoms with Gasteiger partial charge in [-0.3, -0.25) is 4.79 Å². The first-order valence-corrected chi connectivity index (χ1v) is 10.4. The van der Waals surface area contributed by atoms with Crippen molar-refractivity contribution < 1.29 is 9.53 Å². The molecule has 0 bridgehead atoms. The van der Waals surface area contributed by atoms with Crippen LogP contribution in [0, 0.1) is 5.92 Å². The number of ether oxygens (including phenoxy) is 1. The first-order valence-electron chi connectivity index (χ1n) is 10.4. The number of hydrogen-bond acceptors (Lipinski definition) is 3. The van der Waals surface area contributed by atoms with Gasteiger partial charge in [0, 0.05) is 24.1 Å². The van der Waals surface area contributed by atoms with Gasteiger partial charge in [0.05, 0.1) is 7.11 Å². The molecule has 0 spiro atoms. The quantitative estimate of drug-likeness (QED) is 0.763. The lowest BCUT2D eigenvalue weighted by Gasteiger charge is -2.42. The number of carbonyl (C=O) groups excluding carboxylic acids is 1. The van der Waals surface area contributed by atoms with Gasteiger partial charge >= 0.3 is 0 Å². The van der Waals surface area contributed by atoms with Gasteiger partial charge in [-0.15, -0.1) is 0 Å². The molecule has 2 aromatic rings. The fourth-order valence-corrected chi connectivity index (χ4v) is 4.38. The molecule has 0 radical (unpaired) electrons. The highest BCUT2D eigenvalue weighted by Crippen LogP contribution is 2.36. The summed E-state index contributed by atoms with van der Waals surface area (Å²) in [6, 6.07) is 18.6. The van der Waals surface area contributed by atoms with Crippen molar-refractivity contribution in [3.8, 4) is 5.75 Å². The number of benzene rings is 2. The van der Waals surface area contributed by atoms with Crippen molar-refractivity contribution in [3.05, 3.63) is 60.2 Å². The van der Waals surface area contributed by atoms with Gasteiger partial charge in [-0.05, 0) is 61.7 Å². The molecular formula is C24H32N2O2. The summed E-state index contributed by atoms with van der Waals surface area (Å²) in [5.41, 5.74) is 2.24. The minimum Gasteiger partial charge on any atom is -0.497 e. The number of hydrogen-bond donors (Lipinski definition) is 1. The van der Waals surface area contributed by atoms with E-state index in [0.29, 0.717) is 12.3 Å². The maximum Gasteiger partial charge on any atom is 0.226 e. The van der Waals surface area contributed by atoms with E-state index in [-0.39, 0.29) is 17.9 Å². The van der Waals surface area contributed by atoms with E-state index in [9.17, 15) is 4.79 Å². The Morgan fingerprint density at radius 3 is 2.32 bits per heavy atom. The number of anilines is 1. The third-order valence-corrected chi connectivity index (χ3v) is 5.92. The van der Waals surface area contributed by atoms with E-state index in [1.165, 1.54) is 5.56 Å². The molecule has 1 heterocycles. The van der Waals surface area contributed by atoms with Crippen LogP contribution in [0.1, 0.15) is 44.6 Å². The lowest BCUT2D eigenvalue weighted by Crippen LogP contribution is -2.50. The second-order valence-electron chi connectivity index (χ2n) is 7.59. The SMILES string of the molecule is CCC(=O)N(c1ccc(OC)cc1)C(C1CCNCC1)C(C)c1ccccc1. The zero-order valence-corrected chi connectivity index (χ0v) is 17.2. The van der Waals surface area contributed by atoms with Crippen molar-refractivity contribution >= 4 is 11.6 Å². The van der Waals surface area contributed by atoms with Gasteiger partial charge < -0.3 is 15.0 Å². The monoisotopic (exact) mass is 380 g/mol. The number of amides is 1. The van der Waals surface area contributed by atoms with Crippen LogP contribution in [0.5, 0.6) is 5.75 Å². The molecule has 1 aliphatic heterocycles. The normalized spacial score (nSPS) is 17.0. The van der Waals surface area contributed by atoms with E-state index in [1.807, 2.05) is 37.3 Å². The lowest BCUT2D eigenvalue weighted by atomic mass is 9.79. The van der Waals surface area contributed by atoms with Crippen molar-refractivity contribution in [3.63, 3.8) is 0 Å². The highest BCUT2D eigenvalue weighted by atomic mass is 16.5. The van der Waals surface area contributed by atoms with Gasteiger partial charge in [0.25, 0.3) is 0 Å². The van der Waals surface area contributed by atoms with E-state index in [4.69, 9.17) is 4.74 Å². The number of piperidine rings is 1. The summed E-state index contributed by atoms with van der Waals surface area (Å²) in [5.74, 6) is 1.70. The molecule has 0 aromatic heterocycles. The fourth-order valence-electron chi connectivity index (χ4n) is 4.38. The third-order valence-electron chi connectivity index (χ3n) is 5.92. The summed E-state index contributed by atoms with van der Waals surface area (Å²) in [7, 11) is 1.67. The van der Waals surface area contributed by atoms with E-state index in [2.05, 4.69) is 41.4 Å². The Balaban J connectivity index is 2.03. The Morgan fingerprint density at radius 1 is 1.11 bits per heavy atom. The second-order valence-corrected chi connectivity index (χ2v) is 7.59. The summed E-state index contributed by atoms with van der Waals surface area (Å²) >= 11 is 0. The summed E-state index contributed by atoms with van der Waals surface area (Å²) in [6.45, 7) is 6.24. The number of methoxy groups -OCH3 is 1. The third kappa shape index (κ3) is 4.56. The van der Waals surface area contributed by atoms with Crippen LogP contribution in [0.15, 0.2) is 54.6 Å². The number of nitrogens with zero attached hydrogens (tertiary/aromatic N) is 1. The van der Waals surface area contributed by atoms with Gasteiger partial charge in [-0.2, -0.15) is 0 Å². The maximum absolute atomic E-state index is 13.2. The Bertz CT molecular complexity index is 739. The van der Waals surface area contributed by atoms with Crippen LogP contribution < -0.4 is 15.0 Å². The Hall–Kier alpha value is -2.33. The topological polar surface area (TPSA) is 41.6 Å². The molecule has 1 aliphatic rings. The molecule has 1 N–H and O–H groups in total. The van der Waals surface area contributed by atoms with E-state index >= 15 is 0 Å². The van der Waals surface area contributed by atoms with E-state index < -0.39 is 0 Å². The predicted molar refractivity (Wildman–Crippen MR) is 115 cm³/mol. The molecule has 1 saturated heterocycles. The molecule has 2 aromatic carbocycles. The van der Waals surface area contributed by atoms with Gasteiger partial charge in [0.15, 0.2) is 0 Å². The highest BCUT2D eigenvalue weighted by Gasteiger charge is 2.36. The summed E-state index contributed by atoms with van der Waals surface area (Å²) in [4.78, 5) is 15.2. The zero-order valence-electron chi connectivity index (χ0n) is 17.2. The predicted octanol–water partition coefficient (Wildman–Crippen LogP) is 4.61. The molecular weight excluding hydrogens is 348 g/mol. The van der Waals surface area contributed by atoms with Gasteiger partial charge in [0.1, 0.15) is 5.75 Å². The molecule has 4 heteroatoms. The molecule has 28 heavy (non-hydrogen) atoms. The summed E-state index contributed by atoms with van der Waals surface area (Å²) < 4.78 is 5.32. The first kappa shape index (κ1) is 20.4. The molecule has 2 unspecified atom stereocenters. The minimum absolute atomic E-state index is 0.130. The van der Waals surface area contributed by atoms with Crippen LogP contribution in [0.3, 0.4) is 0 Å². The van der Waals surface area contributed by atoms with Crippen molar-refractivity contribution in [2.24, 2.45) is 5.92 Å². The van der Waals surface area contributed by atoms with Crippen molar-refractivity contribution in [2.75, 3.05) is 25.1 Å². The van der Waals surface area contributed by atoms with E-state index in [1.54, 1.807) is 7.11 Å². The Labute approximate surface area is 168 Å². The van der Waals surface area contributed by atoms with Crippen LogP contribution in [-0.2, 0) is 4.79 Å². The van der Waals surface area contributed by atoms with Crippen LogP contribution in [0.2, 0.25) is 0 Å². The first-order chi connectivity index (χ1) is 13.7. The molecule has 0 saturated carbocycles. The fraction of sp³-hybridized carbons (Fsp3) is 0.458. The van der Waals surface area contributed by atoms with Crippen LogP contribution in [0.25, 0.3) is 0 Å². The van der Waals surface area contributed by atoms with Gasteiger partial charge in [-0.25, -0.2) is 0 Å². The Morgan fingerprint density at radius 2 is 1.75 bits per heavy atom. The maximum atomic E-state index is 13.2. The smallest absolute Gasteiger partial charge is 0.226 e. The van der Waals surface area contributed by atoms with Crippen LogP contribution >= 0.6 is 0 Å². The zero-order chi connectivity index (χ0) is 19.9. The molecule has 3 rings (SSSR count). The van der Waals surface area contributed by atoms with Crippen molar-refractivity contribution in [2.45, 2.75) is 45.1 Å². The average molecular weight is 381 g/mol. The van der Waals surface area contributed by atoms with Crippen LogP contribution in [0.4, 0.5) is 5.69 Å². The lowest BCUT2D eigenvalue weighted by molar-refractivity contribution is -0.119. The summed E-state index contributed by atoms with van der Waals surface area (Å²) in [5, 5.41) is 3.47.